The number of fused-ring (bicyclic) bond motifs is 1. The van der Waals surface area contributed by atoms with Gasteiger partial charge in [-0.15, -0.1) is 0 Å². The number of hydrogen-bond acceptors (Lipinski definition) is 7. The zero-order chi connectivity index (χ0) is 14.0. The lowest BCUT2D eigenvalue weighted by atomic mass is 10.4. The second-order valence-corrected chi connectivity index (χ2v) is 8.04. The molecule has 0 saturated carbocycles. The summed E-state index contributed by atoms with van der Waals surface area (Å²) in [5, 5.41) is 0.362. The molecule has 7 nitrogen and oxygen atoms in total. The van der Waals surface area contributed by atoms with Crippen LogP contribution in [0.5, 0.6) is 0 Å². The lowest BCUT2D eigenvalue weighted by molar-refractivity contribution is 0.295. The van der Waals surface area contributed by atoms with Gasteiger partial charge >= 0.3 is 12.6 Å². The Balaban J connectivity index is 0.00000200. The van der Waals surface area contributed by atoms with Crippen LogP contribution in [0.2, 0.25) is 5.02 Å². The van der Waals surface area contributed by atoms with Crippen molar-refractivity contribution < 1.29 is 18.0 Å². The van der Waals surface area contributed by atoms with E-state index in [4.69, 9.17) is 25.1 Å². The number of aromatic nitrogens is 2. The molecule has 1 radical (unpaired) electrons. The van der Waals surface area contributed by atoms with E-state index in [0.717, 1.165) is 11.4 Å². The fourth-order valence-corrected chi connectivity index (χ4v) is 3.74. The normalized spacial score (nSPS) is 11.6. The topological polar surface area (TPSA) is 83.6 Å². The van der Waals surface area contributed by atoms with E-state index in [0.29, 0.717) is 10.7 Å². The van der Waals surface area contributed by atoms with Gasteiger partial charge in [-0.3, -0.25) is 0 Å². The van der Waals surface area contributed by atoms with Gasteiger partial charge in [0.05, 0.1) is 10.9 Å². The Bertz CT molecular complexity index is 693. The van der Waals surface area contributed by atoms with Gasteiger partial charge in [-0.2, -0.15) is 0 Å². The molecule has 2 aromatic rings. The van der Waals surface area contributed by atoms with E-state index in [1.165, 1.54) is 31.0 Å². The molecule has 0 unspecified atom stereocenters. The van der Waals surface area contributed by atoms with Crippen molar-refractivity contribution >= 4 is 41.0 Å². The minimum atomic E-state index is -3.27. The maximum absolute atomic E-state index is 11.9. The third kappa shape index (κ3) is 3.45. The summed E-state index contributed by atoms with van der Waals surface area (Å²) in [6.07, 6.45) is 1.40. The van der Waals surface area contributed by atoms with Crippen LogP contribution in [0.15, 0.2) is 21.5 Å². The van der Waals surface area contributed by atoms with Gasteiger partial charge in [0.2, 0.25) is 0 Å². The third-order valence-corrected chi connectivity index (χ3v) is 6.25. The zero-order valence-corrected chi connectivity index (χ0v) is 13.5. The average Bonchev–Trinajstić information content (AvgIpc) is 2.70. The van der Waals surface area contributed by atoms with Gasteiger partial charge in [-0.1, -0.05) is 19.0 Å². The zero-order valence-electron chi connectivity index (χ0n) is 11.0. The van der Waals surface area contributed by atoms with Crippen molar-refractivity contribution in [3.8, 4) is 0 Å². The molecule has 0 fully saturated rings. The molecule has 111 valence electrons. The summed E-state index contributed by atoms with van der Waals surface area (Å²) >= 11 is 6.61. The van der Waals surface area contributed by atoms with Crippen LogP contribution < -0.4 is 5.76 Å². The first-order valence-corrected chi connectivity index (χ1v) is 8.51. The second-order valence-electron chi connectivity index (χ2n) is 3.34. The van der Waals surface area contributed by atoms with Gasteiger partial charge in [-0.05, 0) is 11.4 Å². The molecule has 0 N–H and O–H groups in total. The molecule has 0 atom stereocenters. The summed E-state index contributed by atoms with van der Waals surface area (Å²) in [5.74, 6) is -0.588. The Morgan fingerprint density at radius 1 is 1.50 bits per heavy atom. The molecule has 10 heteroatoms. The van der Waals surface area contributed by atoms with Crippen molar-refractivity contribution in [3.63, 3.8) is 0 Å². The van der Waals surface area contributed by atoms with Crippen LogP contribution in [0, 0.1) is 7.43 Å². The first-order chi connectivity index (χ1) is 8.99. The number of nitrogens with zero attached hydrogens (tertiary/aromatic N) is 2. The van der Waals surface area contributed by atoms with Crippen LogP contribution in [0.1, 0.15) is 0 Å². The van der Waals surface area contributed by atoms with E-state index >= 15 is 0 Å². The SMILES string of the molecule is COP(=O)(OC)SCn1c(=O)oc2cc(Cl)cnc21.[CH3]. The standard InChI is InChI=1S/C9H10ClN2O5PS.CH3/c1-15-18(14,16-2)19-5-12-8-7(17-9(12)13)3-6(10)4-11-8;/h3-4H,5H2,1-2H3;1H3. The molecule has 0 bridgehead atoms. The van der Waals surface area contributed by atoms with Crippen LogP contribution in [0.25, 0.3) is 11.2 Å². The summed E-state index contributed by atoms with van der Waals surface area (Å²) in [6, 6.07) is 1.48. The number of halogens is 1. The molecule has 2 heterocycles. The van der Waals surface area contributed by atoms with E-state index in [1.807, 2.05) is 0 Å². The van der Waals surface area contributed by atoms with Crippen molar-refractivity contribution in [1.82, 2.24) is 9.55 Å². The molecular formula is C10H13ClN2O5PS. The molecule has 0 aliphatic rings. The molecule has 0 aliphatic heterocycles. The van der Waals surface area contributed by atoms with Crippen molar-refractivity contribution in [1.29, 1.82) is 0 Å². The Kier molecular flexibility index (Phi) is 5.85. The minimum Gasteiger partial charge on any atom is -0.406 e. The Morgan fingerprint density at radius 3 is 2.75 bits per heavy atom. The van der Waals surface area contributed by atoms with Crippen molar-refractivity contribution in [2.24, 2.45) is 0 Å². The van der Waals surface area contributed by atoms with E-state index in [9.17, 15) is 9.36 Å². The van der Waals surface area contributed by atoms with Crippen LogP contribution in [-0.4, -0.2) is 23.8 Å². The number of hydrogen-bond donors (Lipinski definition) is 0. The largest absolute Gasteiger partial charge is 0.421 e. The second kappa shape index (κ2) is 6.78. The van der Waals surface area contributed by atoms with Crippen molar-refractivity contribution in [2.75, 3.05) is 14.2 Å². The summed E-state index contributed by atoms with van der Waals surface area (Å²) in [5.41, 5.74) is 0.587. The van der Waals surface area contributed by atoms with E-state index < -0.39 is 12.6 Å². The van der Waals surface area contributed by atoms with Gasteiger partial charge in [0.1, 0.15) is 0 Å². The summed E-state index contributed by atoms with van der Waals surface area (Å²) in [4.78, 5) is 15.7. The highest BCUT2D eigenvalue weighted by Crippen LogP contribution is 2.59. The van der Waals surface area contributed by atoms with Crippen LogP contribution in [0.3, 0.4) is 0 Å². The van der Waals surface area contributed by atoms with Crippen LogP contribution >= 0.6 is 29.8 Å². The lowest BCUT2D eigenvalue weighted by Gasteiger charge is -2.11. The number of rotatable bonds is 5. The predicted octanol–water partition coefficient (Wildman–Crippen LogP) is 3.18. The monoisotopic (exact) mass is 339 g/mol. The van der Waals surface area contributed by atoms with Gasteiger partial charge in [0.25, 0.3) is 0 Å². The fraction of sp³-hybridized carbons (Fsp3) is 0.300. The molecule has 0 amide bonds. The fourth-order valence-electron chi connectivity index (χ4n) is 1.35. The van der Waals surface area contributed by atoms with Gasteiger partial charge in [0.15, 0.2) is 11.2 Å². The molecule has 0 aliphatic carbocycles. The van der Waals surface area contributed by atoms with E-state index in [1.54, 1.807) is 0 Å². The first-order valence-electron chi connectivity index (χ1n) is 5.00. The maximum Gasteiger partial charge on any atom is 0.421 e. The highest BCUT2D eigenvalue weighted by molar-refractivity contribution is 8.54. The quantitative estimate of drug-likeness (QED) is 0.773. The third-order valence-electron chi connectivity index (χ3n) is 2.27. The molecule has 0 saturated heterocycles. The smallest absolute Gasteiger partial charge is 0.406 e. The molecular weight excluding hydrogens is 327 g/mol. The maximum atomic E-state index is 11.9. The number of oxazole rings is 1. The molecule has 2 rings (SSSR count). The number of pyridine rings is 1. The summed E-state index contributed by atoms with van der Waals surface area (Å²) < 4.78 is 27.6. The van der Waals surface area contributed by atoms with Gasteiger partial charge < -0.3 is 13.5 Å². The lowest BCUT2D eigenvalue weighted by Crippen LogP contribution is -2.13. The average molecular weight is 340 g/mol. The van der Waals surface area contributed by atoms with E-state index in [-0.39, 0.29) is 18.9 Å². The minimum absolute atomic E-state index is 0. The van der Waals surface area contributed by atoms with Crippen molar-refractivity contribution in [2.45, 2.75) is 5.88 Å². The van der Waals surface area contributed by atoms with Crippen LogP contribution in [0.4, 0.5) is 0 Å². The Hall–Kier alpha value is -0.790. The molecule has 2 aromatic heterocycles. The summed E-state index contributed by atoms with van der Waals surface area (Å²) in [7, 11) is 2.54. The highest BCUT2D eigenvalue weighted by Gasteiger charge is 2.23. The van der Waals surface area contributed by atoms with Gasteiger partial charge in [0, 0.05) is 26.5 Å². The van der Waals surface area contributed by atoms with Gasteiger partial charge in [-0.25, -0.2) is 18.9 Å². The highest BCUT2D eigenvalue weighted by atomic mass is 35.5. The molecule has 0 aromatic carbocycles. The van der Waals surface area contributed by atoms with Crippen molar-refractivity contribution in [3.05, 3.63) is 35.3 Å². The summed E-state index contributed by atoms with van der Waals surface area (Å²) in [6.45, 7) is -3.27. The van der Waals surface area contributed by atoms with Crippen LogP contribution in [-0.2, 0) is 19.5 Å². The van der Waals surface area contributed by atoms with E-state index in [2.05, 4.69) is 4.98 Å². The Morgan fingerprint density at radius 2 is 2.15 bits per heavy atom. The molecule has 0 spiro atoms. The predicted molar refractivity (Wildman–Crippen MR) is 78.9 cm³/mol. The first kappa shape index (κ1) is 17.3. The molecule has 20 heavy (non-hydrogen) atoms. The Labute approximate surface area is 124 Å².